The van der Waals surface area contributed by atoms with Crippen LogP contribution in [-0.4, -0.2) is 36.1 Å². The molecule has 2 atom stereocenters. The van der Waals surface area contributed by atoms with E-state index in [-0.39, 0.29) is 23.9 Å². The highest BCUT2D eigenvalue weighted by atomic mass is 35.5. The van der Waals surface area contributed by atoms with Crippen molar-refractivity contribution in [3.8, 4) is 11.3 Å². The minimum Gasteiger partial charge on any atom is -0.451 e. The number of benzene rings is 1. The molecule has 1 aromatic carbocycles. The SMILES string of the molecule is C[C@H]1CN(C(=O)c2ccc(-c3cccc(Cl)c3Cl)o2)C[C@H](C)O1. The molecule has 1 aliphatic heterocycles. The van der Waals surface area contributed by atoms with Crippen LogP contribution in [-0.2, 0) is 4.74 Å². The lowest BCUT2D eigenvalue weighted by molar-refractivity contribution is -0.0592. The standard InChI is InChI=1S/C17H17Cl2NO3/c1-10-8-20(9-11(2)22-10)17(21)15-7-6-14(23-15)12-4-3-5-13(18)16(12)19/h3-7,10-11H,8-9H2,1-2H3/t10-,11-/m0/s1. The van der Waals surface area contributed by atoms with Gasteiger partial charge in [0.1, 0.15) is 5.76 Å². The van der Waals surface area contributed by atoms with Crippen molar-refractivity contribution >= 4 is 29.1 Å². The molecule has 122 valence electrons. The zero-order valence-electron chi connectivity index (χ0n) is 12.9. The molecule has 0 saturated carbocycles. The van der Waals surface area contributed by atoms with Crippen molar-refractivity contribution < 1.29 is 13.9 Å². The first kappa shape index (κ1) is 16.4. The van der Waals surface area contributed by atoms with E-state index < -0.39 is 0 Å². The van der Waals surface area contributed by atoms with Crippen molar-refractivity contribution in [2.24, 2.45) is 0 Å². The molecule has 1 fully saturated rings. The van der Waals surface area contributed by atoms with E-state index in [2.05, 4.69) is 0 Å². The van der Waals surface area contributed by atoms with E-state index in [0.29, 0.717) is 34.5 Å². The Morgan fingerprint density at radius 3 is 2.52 bits per heavy atom. The summed E-state index contributed by atoms with van der Waals surface area (Å²) >= 11 is 12.2. The molecule has 0 aliphatic carbocycles. The lowest BCUT2D eigenvalue weighted by atomic mass is 10.2. The molecule has 1 amide bonds. The van der Waals surface area contributed by atoms with Gasteiger partial charge in [0.05, 0.1) is 22.3 Å². The molecule has 3 rings (SSSR count). The molecule has 1 aromatic heterocycles. The quantitative estimate of drug-likeness (QED) is 0.797. The van der Waals surface area contributed by atoms with Gasteiger partial charge in [0, 0.05) is 18.7 Å². The number of hydrogen-bond donors (Lipinski definition) is 0. The van der Waals surface area contributed by atoms with Gasteiger partial charge in [-0.1, -0.05) is 29.3 Å². The van der Waals surface area contributed by atoms with Gasteiger partial charge in [-0.2, -0.15) is 0 Å². The maximum atomic E-state index is 12.6. The van der Waals surface area contributed by atoms with Crippen LogP contribution in [0, 0.1) is 0 Å². The second-order valence-electron chi connectivity index (χ2n) is 5.73. The Hall–Kier alpha value is -1.49. The molecule has 1 saturated heterocycles. The molecule has 0 spiro atoms. The number of morpholine rings is 1. The molecule has 0 N–H and O–H groups in total. The Labute approximate surface area is 144 Å². The zero-order chi connectivity index (χ0) is 16.6. The van der Waals surface area contributed by atoms with E-state index in [0.717, 1.165) is 0 Å². The number of hydrogen-bond acceptors (Lipinski definition) is 3. The molecule has 2 heterocycles. The largest absolute Gasteiger partial charge is 0.451 e. The summed E-state index contributed by atoms with van der Waals surface area (Å²) in [6.07, 6.45) is 0.0269. The van der Waals surface area contributed by atoms with Gasteiger partial charge in [0.25, 0.3) is 5.91 Å². The Kier molecular flexibility index (Phi) is 4.67. The van der Waals surface area contributed by atoms with Crippen LogP contribution in [0.1, 0.15) is 24.4 Å². The van der Waals surface area contributed by atoms with Gasteiger partial charge >= 0.3 is 0 Å². The molecular weight excluding hydrogens is 337 g/mol. The van der Waals surface area contributed by atoms with E-state index in [4.69, 9.17) is 32.4 Å². The van der Waals surface area contributed by atoms with E-state index in [1.807, 2.05) is 13.8 Å². The fraction of sp³-hybridized carbons (Fsp3) is 0.353. The fourth-order valence-corrected chi connectivity index (χ4v) is 3.18. The number of ether oxygens (including phenoxy) is 1. The van der Waals surface area contributed by atoms with Crippen molar-refractivity contribution in [3.05, 3.63) is 46.1 Å². The predicted molar refractivity (Wildman–Crippen MR) is 90.1 cm³/mol. The van der Waals surface area contributed by atoms with Gasteiger partial charge < -0.3 is 14.1 Å². The summed E-state index contributed by atoms with van der Waals surface area (Å²) < 4.78 is 11.4. The highest BCUT2D eigenvalue weighted by Crippen LogP contribution is 2.34. The Morgan fingerprint density at radius 1 is 1.13 bits per heavy atom. The monoisotopic (exact) mass is 353 g/mol. The number of nitrogens with zero attached hydrogens (tertiary/aromatic N) is 1. The maximum absolute atomic E-state index is 12.6. The summed E-state index contributed by atoms with van der Waals surface area (Å²) in [6.45, 7) is 5.01. The average molecular weight is 354 g/mol. The Balaban J connectivity index is 1.84. The molecule has 0 radical (unpaired) electrons. The molecule has 23 heavy (non-hydrogen) atoms. The number of carbonyl (C=O) groups excluding carboxylic acids is 1. The first-order chi connectivity index (χ1) is 11.0. The third-order valence-corrected chi connectivity index (χ3v) is 4.56. The van der Waals surface area contributed by atoms with E-state index in [1.165, 1.54) is 0 Å². The highest BCUT2D eigenvalue weighted by molar-refractivity contribution is 6.43. The topological polar surface area (TPSA) is 42.7 Å². The minimum atomic E-state index is -0.142. The molecular formula is C17H17Cl2NO3. The molecule has 0 bridgehead atoms. The number of amides is 1. The summed E-state index contributed by atoms with van der Waals surface area (Å²) in [7, 11) is 0. The average Bonchev–Trinajstić information content (AvgIpc) is 2.98. The highest BCUT2D eigenvalue weighted by Gasteiger charge is 2.28. The lowest BCUT2D eigenvalue weighted by Gasteiger charge is -2.34. The van der Waals surface area contributed by atoms with Gasteiger partial charge in [-0.15, -0.1) is 0 Å². The Morgan fingerprint density at radius 2 is 1.83 bits per heavy atom. The zero-order valence-corrected chi connectivity index (χ0v) is 14.4. The van der Waals surface area contributed by atoms with Gasteiger partial charge in [-0.05, 0) is 38.1 Å². The van der Waals surface area contributed by atoms with Crippen LogP contribution >= 0.6 is 23.2 Å². The van der Waals surface area contributed by atoms with E-state index in [9.17, 15) is 4.79 Å². The summed E-state index contributed by atoms with van der Waals surface area (Å²) in [5.41, 5.74) is 0.668. The second-order valence-corrected chi connectivity index (χ2v) is 6.52. The summed E-state index contributed by atoms with van der Waals surface area (Å²) in [4.78, 5) is 14.4. The normalized spacial score (nSPS) is 21.5. The molecule has 2 aromatic rings. The second kappa shape index (κ2) is 6.56. The lowest BCUT2D eigenvalue weighted by Crippen LogP contribution is -2.48. The van der Waals surface area contributed by atoms with Crippen LogP contribution in [0.3, 0.4) is 0 Å². The maximum Gasteiger partial charge on any atom is 0.289 e. The van der Waals surface area contributed by atoms with Crippen LogP contribution in [0.2, 0.25) is 10.0 Å². The molecule has 1 aliphatic rings. The fourth-order valence-electron chi connectivity index (χ4n) is 2.79. The first-order valence-corrected chi connectivity index (χ1v) is 8.20. The van der Waals surface area contributed by atoms with Crippen molar-refractivity contribution in [3.63, 3.8) is 0 Å². The smallest absolute Gasteiger partial charge is 0.289 e. The van der Waals surface area contributed by atoms with Crippen LogP contribution in [0.15, 0.2) is 34.7 Å². The van der Waals surface area contributed by atoms with Crippen molar-refractivity contribution in [2.45, 2.75) is 26.1 Å². The van der Waals surface area contributed by atoms with Gasteiger partial charge in [-0.25, -0.2) is 0 Å². The number of halogens is 2. The van der Waals surface area contributed by atoms with Gasteiger partial charge in [-0.3, -0.25) is 4.79 Å². The third kappa shape index (κ3) is 3.39. The van der Waals surface area contributed by atoms with Crippen LogP contribution in [0.5, 0.6) is 0 Å². The number of furan rings is 1. The van der Waals surface area contributed by atoms with Gasteiger partial charge in [0.2, 0.25) is 0 Å². The van der Waals surface area contributed by atoms with E-state index in [1.54, 1.807) is 35.2 Å². The van der Waals surface area contributed by atoms with Crippen LogP contribution in [0.25, 0.3) is 11.3 Å². The number of rotatable bonds is 2. The van der Waals surface area contributed by atoms with Crippen molar-refractivity contribution in [2.75, 3.05) is 13.1 Å². The van der Waals surface area contributed by atoms with Crippen molar-refractivity contribution in [1.82, 2.24) is 4.90 Å². The van der Waals surface area contributed by atoms with Crippen molar-refractivity contribution in [1.29, 1.82) is 0 Å². The van der Waals surface area contributed by atoms with E-state index >= 15 is 0 Å². The van der Waals surface area contributed by atoms with Crippen LogP contribution in [0.4, 0.5) is 0 Å². The molecule has 6 heteroatoms. The first-order valence-electron chi connectivity index (χ1n) is 7.44. The van der Waals surface area contributed by atoms with Gasteiger partial charge in [0.15, 0.2) is 5.76 Å². The van der Waals surface area contributed by atoms with Crippen LogP contribution < -0.4 is 0 Å². The summed E-state index contributed by atoms with van der Waals surface area (Å²) in [6, 6.07) is 8.70. The molecule has 0 unspecified atom stereocenters. The minimum absolute atomic E-state index is 0.0134. The summed E-state index contributed by atoms with van der Waals surface area (Å²) in [5, 5.41) is 0.861. The molecule has 4 nitrogen and oxygen atoms in total. The summed E-state index contributed by atoms with van der Waals surface area (Å²) in [5.74, 6) is 0.670. The Bertz CT molecular complexity index is 718. The predicted octanol–water partition coefficient (Wildman–Crippen LogP) is 4.50. The number of carbonyl (C=O) groups is 1. The third-order valence-electron chi connectivity index (χ3n) is 3.74.